The maximum atomic E-state index is 2.26. The predicted octanol–water partition coefficient (Wildman–Crippen LogP) is 1.47. The van der Waals surface area contributed by atoms with Gasteiger partial charge in [-0.15, -0.1) is 0 Å². The standard InChI is InChI=1S/C6H15B/c1-5(7)6(2,3)4/h5H,7H2,1-4H3/t5-/m0/s1. The first-order chi connectivity index (χ1) is 2.94. The van der Waals surface area contributed by atoms with Gasteiger partial charge in [0.05, 0.1) is 0 Å². The van der Waals surface area contributed by atoms with Crippen molar-refractivity contribution in [1.29, 1.82) is 0 Å². The molecule has 0 bridgehead atoms. The fourth-order valence-electron chi connectivity index (χ4n) is 0. The first kappa shape index (κ1) is 7.06. The summed E-state index contributed by atoms with van der Waals surface area (Å²) >= 11 is 0. The van der Waals surface area contributed by atoms with E-state index in [4.69, 9.17) is 0 Å². The molecule has 1 atom stereocenters. The molecule has 0 aromatic carbocycles. The molecule has 42 valence electrons. The van der Waals surface area contributed by atoms with Crippen LogP contribution in [0.4, 0.5) is 0 Å². The second-order valence-corrected chi connectivity index (χ2v) is 3.52. The van der Waals surface area contributed by atoms with E-state index in [9.17, 15) is 0 Å². The predicted molar refractivity (Wildman–Crippen MR) is 37.4 cm³/mol. The average Bonchev–Trinajstić information content (AvgIpc) is 1.31. The second kappa shape index (κ2) is 1.89. The van der Waals surface area contributed by atoms with Gasteiger partial charge in [-0.2, -0.15) is 0 Å². The van der Waals surface area contributed by atoms with Crippen molar-refractivity contribution in [3.63, 3.8) is 0 Å². The molecule has 0 aliphatic heterocycles. The molecule has 0 saturated heterocycles. The van der Waals surface area contributed by atoms with E-state index >= 15 is 0 Å². The Hall–Kier alpha value is 0.0649. The van der Waals surface area contributed by atoms with Crippen LogP contribution in [0, 0.1) is 5.41 Å². The zero-order chi connectivity index (χ0) is 6.08. The van der Waals surface area contributed by atoms with Gasteiger partial charge in [0.25, 0.3) is 0 Å². The van der Waals surface area contributed by atoms with Crippen LogP contribution in [0.2, 0.25) is 5.82 Å². The van der Waals surface area contributed by atoms with Crippen LogP contribution in [0.3, 0.4) is 0 Å². The first-order valence-corrected chi connectivity index (χ1v) is 2.94. The van der Waals surface area contributed by atoms with E-state index in [1.54, 1.807) is 0 Å². The van der Waals surface area contributed by atoms with E-state index in [1.165, 1.54) is 0 Å². The largest absolute Gasteiger partial charge is 0.105 e. The Morgan fingerprint density at radius 3 is 1.43 bits per heavy atom. The highest BCUT2D eigenvalue weighted by molar-refractivity contribution is 6.11. The number of rotatable bonds is 0. The minimum absolute atomic E-state index is 0.500. The Labute approximate surface area is 47.7 Å². The van der Waals surface area contributed by atoms with E-state index in [0.29, 0.717) is 5.41 Å². The molecule has 0 saturated carbocycles. The Bertz CT molecular complexity index is 49.7. The molecule has 0 N–H and O–H groups in total. The third-order valence-electron chi connectivity index (χ3n) is 1.73. The van der Waals surface area contributed by atoms with Crippen molar-refractivity contribution in [3.05, 3.63) is 0 Å². The minimum atomic E-state index is 0.500. The molecule has 7 heavy (non-hydrogen) atoms. The third kappa shape index (κ3) is 2.72. The lowest BCUT2D eigenvalue weighted by Gasteiger charge is -2.22. The van der Waals surface area contributed by atoms with Crippen molar-refractivity contribution in [1.82, 2.24) is 0 Å². The Morgan fingerprint density at radius 1 is 1.29 bits per heavy atom. The van der Waals surface area contributed by atoms with Crippen molar-refractivity contribution in [2.45, 2.75) is 33.5 Å². The molecule has 0 spiro atoms. The normalized spacial score (nSPS) is 16.6. The summed E-state index contributed by atoms with van der Waals surface area (Å²) in [6.07, 6.45) is 0. The topological polar surface area (TPSA) is 0 Å². The summed E-state index contributed by atoms with van der Waals surface area (Å²) in [6, 6.07) is 0. The van der Waals surface area contributed by atoms with Crippen LogP contribution in [0.5, 0.6) is 0 Å². The molecule has 0 aliphatic rings. The second-order valence-electron chi connectivity index (χ2n) is 3.52. The van der Waals surface area contributed by atoms with Gasteiger partial charge in [0.15, 0.2) is 0 Å². The number of hydrogen-bond donors (Lipinski definition) is 0. The van der Waals surface area contributed by atoms with Gasteiger partial charge >= 0.3 is 0 Å². The highest BCUT2D eigenvalue weighted by atomic mass is 14.1. The monoisotopic (exact) mass is 98.1 g/mol. The summed E-state index contributed by atoms with van der Waals surface area (Å²) in [5.41, 5.74) is 0.500. The Balaban J connectivity index is 3.54. The molecule has 0 heterocycles. The van der Waals surface area contributed by atoms with Crippen molar-refractivity contribution in [2.24, 2.45) is 5.41 Å². The molecule has 0 unspecified atom stereocenters. The van der Waals surface area contributed by atoms with E-state index in [2.05, 4.69) is 35.5 Å². The van der Waals surface area contributed by atoms with Gasteiger partial charge in [0.2, 0.25) is 0 Å². The van der Waals surface area contributed by atoms with E-state index in [0.717, 1.165) is 5.82 Å². The van der Waals surface area contributed by atoms with Crippen LogP contribution < -0.4 is 0 Å². The molecular formula is C6H15B. The highest BCUT2D eigenvalue weighted by Crippen LogP contribution is 2.26. The van der Waals surface area contributed by atoms with E-state index in [-0.39, 0.29) is 0 Å². The molecule has 0 amide bonds. The van der Waals surface area contributed by atoms with Gasteiger partial charge < -0.3 is 0 Å². The summed E-state index contributed by atoms with van der Waals surface area (Å²) in [5, 5.41) is 0. The van der Waals surface area contributed by atoms with Gasteiger partial charge in [-0.25, -0.2) is 0 Å². The average molecular weight is 98.0 g/mol. The summed E-state index contributed by atoms with van der Waals surface area (Å²) < 4.78 is 0. The van der Waals surface area contributed by atoms with Crippen molar-refractivity contribution in [2.75, 3.05) is 0 Å². The lowest BCUT2D eigenvalue weighted by molar-refractivity contribution is 0.398. The van der Waals surface area contributed by atoms with Crippen LogP contribution in [-0.4, -0.2) is 7.85 Å². The van der Waals surface area contributed by atoms with Crippen molar-refractivity contribution in [3.8, 4) is 0 Å². The summed E-state index contributed by atoms with van der Waals surface area (Å²) in [4.78, 5) is 0. The summed E-state index contributed by atoms with van der Waals surface area (Å²) in [7, 11) is 2.25. The number of hydrogen-bond acceptors (Lipinski definition) is 0. The van der Waals surface area contributed by atoms with Gasteiger partial charge in [-0.1, -0.05) is 33.5 Å². The highest BCUT2D eigenvalue weighted by Gasteiger charge is 2.13. The molecule has 0 nitrogen and oxygen atoms in total. The zero-order valence-electron chi connectivity index (χ0n) is 6.08. The minimum Gasteiger partial charge on any atom is -0.0692 e. The molecule has 0 rings (SSSR count). The lowest BCUT2D eigenvalue weighted by Crippen LogP contribution is -2.10. The van der Waals surface area contributed by atoms with Crippen molar-refractivity contribution < 1.29 is 0 Å². The van der Waals surface area contributed by atoms with Crippen LogP contribution in [0.1, 0.15) is 27.7 Å². The molecular weight excluding hydrogens is 82.9 g/mol. The maximum absolute atomic E-state index is 2.26. The molecule has 0 aromatic heterocycles. The van der Waals surface area contributed by atoms with Crippen LogP contribution in [0.25, 0.3) is 0 Å². The molecule has 0 radical (unpaired) electrons. The van der Waals surface area contributed by atoms with Gasteiger partial charge in [0, 0.05) is 0 Å². The summed E-state index contributed by atoms with van der Waals surface area (Å²) in [5.74, 6) is 0.799. The third-order valence-corrected chi connectivity index (χ3v) is 1.73. The molecule has 0 aliphatic carbocycles. The maximum Gasteiger partial charge on any atom is 0.105 e. The van der Waals surface area contributed by atoms with Crippen molar-refractivity contribution >= 4 is 7.85 Å². The van der Waals surface area contributed by atoms with E-state index in [1.807, 2.05) is 0 Å². The van der Waals surface area contributed by atoms with Crippen LogP contribution >= 0.6 is 0 Å². The molecule has 1 heteroatoms. The first-order valence-electron chi connectivity index (χ1n) is 2.94. The SMILES string of the molecule is B[C@@H](C)C(C)(C)C. The lowest BCUT2D eigenvalue weighted by atomic mass is 9.70. The molecule has 0 fully saturated rings. The summed E-state index contributed by atoms with van der Waals surface area (Å²) in [6.45, 7) is 9.03. The quantitative estimate of drug-likeness (QED) is 0.402. The van der Waals surface area contributed by atoms with Crippen LogP contribution in [0.15, 0.2) is 0 Å². The van der Waals surface area contributed by atoms with Gasteiger partial charge in [0.1, 0.15) is 7.85 Å². The Morgan fingerprint density at radius 2 is 1.43 bits per heavy atom. The smallest absolute Gasteiger partial charge is 0.0692 e. The fourth-order valence-corrected chi connectivity index (χ4v) is 0. The van der Waals surface area contributed by atoms with E-state index < -0.39 is 0 Å². The Kier molecular flexibility index (Phi) is 1.91. The fraction of sp³-hybridized carbons (Fsp3) is 1.00. The van der Waals surface area contributed by atoms with Crippen LogP contribution in [-0.2, 0) is 0 Å². The zero-order valence-corrected chi connectivity index (χ0v) is 6.08. The van der Waals surface area contributed by atoms with Gasteiger partial charge in [-0.05, 0) is 5.41 Å². The molecule has 0 aromatic rings. The van der Waals surface area contributed by atoms with Gasteiger partial charge in [-0.3, -0.25) is 0 Å².